The summed E-state index contributed by atoms with van der Waals surface area (Å²) in [6.07, 6.45) is 21.5. The zero-order valence-electron chi connectivity index (χ0n) is 24.7. The first-order chi connectivity index (χ1) is 18.8. The zero-order chi connectivity index (χ0) is 28.8. The molecule has 8 heteroatoms. The van der Waals surface area contributed by atoms with Crippen LogP contribution in [0, 0.1) is 11.3 Å². The average Bonchev–Trinajstić information content (AvgIpc) is 2.87. The highest BCUT2D eigenvalue weighted by Gasteiger charge is 2.19. The molecule has 0 saturated heterocycles. The normalized spacial score (nSPS) is 12.4. The number of phosphoric ester groups is 1. The summed E-state index contributed by atoms with van der Waals surface area (Å²) in [5.41, 5.74) is 0.332. The minimum atomic E-state index is -4.54. The average molecular weight is 568 g/mol. The SMILES string of the molecule is CCCCCCCCCCCCCCCCCC[C@H](CCOP(=O)(O)O)Oc1cccc(OC(C)C)c1C#N. The zero-order valence-corrected chi connectivity index (χ0v) is 25.6. The smallest absolute Gasteiger partial charge is 0.469 e. The minimum Gasteiger partial charge on any atom is -0.489 e. The van der Waals surface area contributed by atoms with E-state index in [4.69, 9.17) is 19.3 Å². The summed E-state index contributed by atoms with van der Waals surface area (Å²) in [5.74, 6) is 0.894. The van der Waals surface area contributed by atoms with Crippen LogP contribution in [0.4, 0.5) is 0 Å². The van der Waals surface area contributed by atoms with Gasteiger partial charge in [0.1, 0.15) is 29.2 Å². The van der Waals surface area contributed by atoms with Crippen LogP contribution in [0.25, 0.3) is 0 Å². The second-order valence-electron chi connectivity index (χ2n) is 10.9. The summed E-state index contributed by atoms with van der Waals surface area (Å²) in [6.45, 7) is 5.95. The lowest BCUT2D eigenvalue weighted by atomic mass is 10.0. The Balaban J connectivity index is 2.33. The van der Waals surface area contributed by atoms with E-state index in [1.807, 2.05) is 13.8 Å². The molecule has 0 aliphatic heterocycles. The largest absolute Gasteiger partial charge is 0.489 e. The lowest BCUT2D eigenvalue weighted by molar-refractivity contribution is 0.130. The van der Waals surface area contributed by atoms with Gasteiger partial charge in [0.05, 0.1) is 12.7 Å². The Kier molecular flexibility index (Phi) is 20.1. The standard InChI is InChI=1S/C31H54NO6P/c1-4-5-6-7-8-9-10-11-12-13-14-15-16-17-18-19-21-28(24-25-36-39(33,34)35)38-31-23-20-22-30(29(31)26-32)37-27(2)3/h20,22-23,27-28H,4-19,21,24-25H2,1-3H3,(H2,33,34,35)/t28-/m1/s1. The number of hydrogen-bond acceptors (Lipinski definition) is 5. The molecule has 1 atom stereocenters. The molecule has 0 aromatic heterocycles. The summed E-state index contributed by atoms with van der Waals surface area (Å²) in [4.78, 5) is 18.1. The fourth-order valence-electron chi connectivity index (χ4n) is 4.74. The van der Waals surface area contributed by atoms with Gasteiger partial charge in [0.25, 0.3) is 0 Å². The summed E-state index contributed by atoms with van der Waals surface area (Å²) in [5, 5.41) is 9.69. The number of nitrogens with zero attached hydrogens (tertiary/aromatic N) is 1. The molecule has 224 valence electrons. The number of rotatable bonds is 25. The molecule has 0 saturated carbocycles. The molecule has 0 amide bonds. The van der Waals surface area contributed by atoms with E-state index in [0.29, 0.717) is 23.5 Å². The van der Waals surface area contributed by atoms with Gasteiger partial charge in [-0.15, -0.1) is 0 Å². The summed E-state index contributed by atoms with van der Waals surface area (Å²) in [6, 6.07) is 7.43. The van der Waals surface area contributed by atoms with E-state index in [1.54, 1.807) is 18.2 Å². The van der Waals surface area contributed by atoms with Gasteiger partial charge in [-0.25, -0.2) is 4.57 Å². The Hall–Kier alpha value is -1.58. The molecule has 0 aliphatic rings. The van der Waals surface area contributed by atoms with Crippen molar-refractivity contribution in [2.45, 2.75) is 149 Å². The third-order valence-electron chi connectivity index (χ3n) is 6.84. The predicted octanol–water partition coefficient (Wildman–Crippen LogP) is 9.24. The van der Waals surface area contributed by atoms with Gasteiger partial charge in [0, 0.05) is 6.42 Å². The van der Waals surface area contributed by atoms with Crippen molar-refractivity contribution in [3.8, 4) is 17.6 Å². The number of unbranched alkanes of at least 4 members (excludes halogenated alkanes) is 15. The van der Waals surface area contributed by atoms with Gasteiger partial charge in [-0.2, -0.15) is 5.26 Å². The van der Waals surface area contributed by atoms with E-state index in [1.165, 1.54) is 89.9 Å². The molecule has 7 nitrogen and oxygen atoms in total. The van der Waals surface area contributed by atoms with Crippen molar-refractivity contribution in [2.24, 2.45) is 0 Å². The van der Waals surface area contributed by atoms with E-state index in [9.17, 15) is 9.83 Å². The lowest BCUT2D eigenvalue weighted by Crippen LogP contribution is -2.20. The topological polar surface area (TPSA) is 109 Å². The Morgan fingerprint density at radius 1 is 0.769 bits per heavy atom. The van der Waals surface area contributed by atoms with Gasteiger partial charge < -0.3 is 19.3 Å². The van der Waals surface area contributed by atoms with Crippen molar-refractivity contribution in [2.75, 3.05) is 6.61 Å². The van der Waals surface area contributed by atoms with Gasteiger partial charge in [-0.3, -0.25) is 4.52 Å². The van der Waals surface area contributed by atoms with Crippen molar-refractivity contribution < 1.29 is 28.3 Å². The lowest BCUT2D eigenvalue weighted by Gasteiger charge is -2.21. The van der Waals surface area contributed by atoms with Crippen LogP contribution in [0.1, 0.15) is 142 Å². The summed E-state index contributed by atoms with van der Waals surface area (Å²) in [7, 11) is -4.54. The first-order valence-corrected chi connectivity index (χ1v) is 16.9. The number of phosphoric acid groups is 1. The van der Waals surface area contributed by atoms with Crippen molar-refractivity contribution in [1.29, 1.82) is 5.26 Å². The molecular weight excluding hydrogens is 513 g/mol. The highest BCUT2D eigenvalue weighted by molar-refractivity contribution is 7.46. The minimum absolute atomic E-state index is 0.0788. The van der Waals surface area contributed by atoms with Crippen molar-refractivity contribution in [3.05, 3.63) is 23.8 Å². The van der Waals surface area contributed by atoms with Crippen LogP contribution in [0.15, 0.2) is 18.2 Å². The summed E-state index contributed by atoms with van der Waals surface area (Å²) >= 11 is 0. The van der Waals surface area contributed by atoms with Crippen LogP contribution in [0.2, 0.25) is 0 Å². The fraction of sp³-hybridized carbons (Fsp3) is 0.774. The van der Waals surface area contributed by atoms with Gasteiger partial charge in [0.15, 0.2) is 0 Å². The van der Waals surface area contributed by atoms with Gasteiger partial charge >= 0.3 is 7.82 Å². The molecule has 0 heterocycles. The van der Waals surface area contributed by atoms with E-state index < -0.39 is 7.82 Å². The highest BCUT2D eigenvalue weighted by Crippen LogP contribution is 2.36. The molecule has 1 aromatic rings. The van der Waals surface area contributed by atoms with E-state index >= 15 is 0 Å². The Bertz CT molecular complexity index is 835. The van der Waals surface area contributed by atoms with Gasteiger partial charge in [0.2, 0.25) is 0 Å². The van der Waals surface area contributed by atoms with Crippen LogP contribution in [0.3, 0.4) is 0 Å². The number of nitriles is 1. The molecule has 0 spiro atoms. The molecular formula is C31H54NO6P. The van der Waals surface area contributed by atoms with Crippen LogP contribution in [0.5, 0.6) is 11.5 Å². The van der Waals surface area contributed by atoms with E-state index in [2.05, 4.69) is 17.5 Å². The molecule has 39 heavy (non-hydrogen) atoms. The van der Waals surface area contributed by atoms with Crippen LogP contribution >= 0.6 is 7.82 Å². The van der Waals surface area contributed by atoms with Crippen LogP contribution in [-0.2, 0) is 9.09 Å². The fourth-order valence-corrected chi connectivity index (χ4v) is 5.08. The number of hydrogen-bond donors (Lipinski definition) is 2. The molecule has 0 radical (unpaired) electrons. The highest BCUT2D eigenvalue weighted by atomic mass is 31.2. The quantitative estimate of drug-likeness (QED) is 0.0895. The molecule has 0 bridgehead atoms. The first kappa shape index (κ1) is 35.4. The Labute approximate surface area is 237 Å². The van der Waals surface area contributed by atoms with E-state index in [0.717, 1.165) is 19.3 Å². The summed E-state index contributed by atoms with van der Waals surface area (Å²) < 4.78 is 27.7. The third kappa shape index (κ3) is 19.2. The second-order valence-corrected chi connectivity index (χ2v) is 12.1. The van der Waals surface area contributed by atoms with E-state index in [-0.39, 0.29) is 18.8 Å². The predicted molar refractivity (Wildman–Crippen MR) is 158 cm³/mol. The number of benzene rings is 1. The van der Waals surface area contributed by atoms with Crippen LogP contribution in [-0.4, -0.2) is 28.6 Å². The van der Waals surface area contributed by atoms with Gasteiger partial charge in [-0.05, 0) is 38.8 Å². The maximum atomic E-state index is 11.1. The molecule has 0 unspecified atom stereocenters. The molecule has 0 fully saturated rings. The molecule has 1 aromatic carbocycles. The maximum absolute atomic E-state index is 11.1. The number of ether oxygens (including phenoxy) is 2. The van der Waals surface area contributed by atoms with Gasteiger partial charge in [-0.1, -0.05) is 109 Å². The van der Waals surface area contributed by atoms with Crippen molar-refractivity contribution in [1.82, 2.24) is 0 Å². The first-order valence-electron chi connectivity index (χ1n) is 15.3. The maximum Gasteiger partial charge on any atom is 0.469 e. The second kappa shape index (κ2) is 22.1. The van der Waals surface area contributed by atoms with Crippen molar-refractivity contribution >= 4 is 7.82 Å². The van der Waals surface area contributed by atoms with Crippen LogP contribution < -0.4 is 9.47 Å². The van der Waals surface area contributed by atoms with Crippen molar-refractivity contribution in [3.63, 3.8) is 0 Å². The Morgan fingerprint density at radius 3 is 1.67 bits per heavy atom. The molecule has 0 aliphatic carbocycles. The molecule has 1 rings (SSSR count). The third-order valence-corrected chi connectivity index (χ3v) is 7.35. The monoisotopic (exact) mass is 567 g/mol. The molecule has 2 N–H and O–H groups in total. The Morgan fingerprint density at radius 2 is 1.23 bits per heavy atom.